The van der Waals surface area contributed by atoms with E-state index in [4.69, 9.17) is 8.92 Å². The number of aliphatic hydroxyl groups is 1. The number of aromatic hydroxyl groups is 1. The van der Waals surface area contributed by atoms with Crippen LogP contribution in [-0.2, 0) is 19.9 Å². The van der Waals surface area contributed by atoms with Gasteiger partial charge in [-0.1, -0.05) is 40.8 Å². The quantitative estimate of drug-likeness (QED) is 0.261. The third kappa shape index (κ3) is 2.37. The van der Waals surface area contributed by atoms with Gasteiger partial charge < -0.3 is 14.9 Å². The van der Waals surface area contributed by atoms with E-state index in [9.17, 15) is 18.6 Å². The summed E-state index contributed by atoms with van der Waals surface area (Å²) in [5.41, 5.74) is 2.55. The molecule has 0 aromatic heterocycles. The Bertz CT molecular complexity index is 1270. The molecule has 2 aromatic rings. The predicted molar refractivity (Wildman–Crippen MR) is 115 cm³/mol. The van der Waals surface area contributed by atoms with Crippen molar-refractivity contribution >= 4 is 55.3 Å². The zero-order valence-corrected chi connectivity index (χ0v) is 18.9. The molecule has 1 radical (unpaired) electrons. The lowest BCUT2D eigenvalue weighted by atomic mass is 9.76. The van der Waals surface area contributed by atoms with Crippen molar-refractivity contribution in [1.82, 2.24) is 0 Å². The molecule has 1 aliphatic carbocycles. The zero-order valence-electron chi connectivity index (χ0n) is 13.7. The molecule has 5 rings (SSSR count). The van der Waals surface area contributed by atoms with Crippen molar-refractivity contribution in [3.8, 4) is 11.5 Å². The molecule has 141 valence electrons. The van der Waals surface area contributed by atoms with Gasteiger partial charge in [0.25, 0.3) is 10.1 Å². The average molecular weight is 619 g/mol. The second-order valence-electron chi connectivity index (χ2n) is 6.33. The van der Waals surface area contributed by atoms with Crippen LogP contribution in [0, 0.1) is 7.49 Å². The van der Waals surface area contributed by atoms with E-state index in [1.807, 2.05) is 45.2 Å². The maximum atomic E-state index is 12.9. The minimum absolute atomic E-state index is 0.0122. The maximum absolute atomic E-state index is 12.9. The van der Waals surface area contributed by atoms with Crippen molar-refractivity contribution in [3.05, 3.63) is 83.9 Å². The number of hydrogen-bond donors (Lipinski definition) is 2. The number of benzene rings is 2. The van der Waals surface area contributed by atoms with Crippen molar-refractivity contribution in [2.24, 2.45) is 0 Å². The molecule has 2 aromatic carbocycles. The number of aliphatic hydroxyl groups excluding tert-OH is 1. The molecular weight excluding hydrogens is 610 g/mol. The highest BCUT2D eigenvalue weighted by Gasteiger charge is 2.57. The highest BCUT2D eigenvalue weighted by atomic mass is 127. The van der Waals surface area contributed by atoms with Gasteiger partial charge in [-0.2, -0.15) is 8.42 Å². The van der Waals surface area contributed by atoms with Gasteiger partial charge in [-0.15, -0.1) is 0 Å². The molecule has 9 heteroatoms. The van der Waals surface area contributed by atoms with Crippen molar-refractivity contribution in [1.29, 1.82) is 0 Å². The topological polar surface area (TPSA) is 93.1 Å². The van der Waals surface area contributed by atoms with E-state index in [0.29, 0.717) is 24.2 Å². The fourth-order valence-electron chi connectivity index (χ4n) is 3.60. The summed E-state index contributed by atoms with van der Waals surface area (Å²) in [6.07, 6.45) is 1.63. The number of rotatable bonds is 0. The molecule has 28 heavy (non-hydrogen) atoms. The Kier molecular flexibility index (Phi) is 3.95. The summed E-state index contributed by atoms with van der Waals surface area (Å²) in [6.45, 7) is 0. The van der Waals surface area contributed by atoms with E-state index in [2.05, 4.69) is 5.73 Å². The monoisotopic (exact) mass is 619 g/mol. The van der Waals surface area contributed by atoms with Crippen LogP contribution in [0.3, 0.4) is 0 Å². The van der Waals surface area contributed by atoms with E-state index in [1.165, 1.54) is 12.1 Å². The van der Waals surface area contributed by atoms with E-state index < -0.39 is 15.7 Å². The fraction of sp³-hybridized carbons (Fsp3) is 0.0526. The van der Waals surface area contributed by atoms with Crippen molar-refractivity contribution in [3.63, 3.8) is 0 Å². The Balaban J connectivity index is 1.96. The Morgan fingerprint density at radius 2 is 1.82 bits per heavy atom. The Labute approximate surface area is 187 Å². The lowest BCUT2D eigenvalue weighted by Crippen LogP contribution is -2.37. The van der Waals surface area contributed by atoms with Crippen LogP contribution in [0.1, 0.15) is 11.1 Å². The molecule has 0 saturated carbocycles. The summed E-state index contributed by atoms with van der Waals surface area (Å²) in [5.74, 6) is 0.232. The van der Waals surface area contributed by atoms with Gasteiger partial charge in [0.15, 0.2) is 17.1 Å². The third-order valence-corrected chi connectivity index (χ3v) is 7.81. The minimum Gasteiger partial charge on any atom is -0.507 e. The smallest absolute Gasteiger partial charge is 0.298 e. The standard InChI is InChI=1S/C19H9I2O6S/c20-12-5-10-16(7-14(12)22)26-17-8-15(23)13(21)6-11(17)19(10)9-3-1-2-4-18(9)28(24,25)27-19/h1-7,22-23H. The van der Waals surface area contributed by atoms with Gasteiger partial charge in [-0.05, 0) is 46.5 Å². The number of fused-ring (bicyclic) bond motifs is 6. The van der Waals surface area contributed by atoms with Gasteiger partial charge >= 0.3 is 0 Å². The van der Waals surface area contributed by atoms with Gasteiger partial charge in [0.2, 0.25) is 0 Å². The van der Waals surface area contributed by atoms with Gasteiger partial charge in [0.05, 0.1) is 3.57 Å². The summed E-state index contributed by atoms with van der Waals surface area (Å²) < 4.78 is 38.4. The highest BCUT2D eigenvalue weighted by molar-refractivity contribution is 14.1. The van der Waals surface area contributed by atoms with E-state index in [-0.39, 0.29) is 27.9 Å². The molecule has 0 fully saturated rings. The first kappa shape index (κ1) is 18.5. The van der Waals surface area contributed by atoms with Gasteiger partial charge in [-0.25, -0.2) is 4.18 Å². The van der Waals surface area contributed by atoms with Crippen LogP contribution in [0.15, 0.2) is 70.2 Å². The molecule has 2 heterocycles. The predicted octanol–water partition coefficient (Wildman–Crippen LogP) is 4.18. The molecule has 0 amide bonds. The maximum Gasteiger partial charge on any atom is 0.298 e. The van der Waals surface area contributed by atoms with Crippen molar-refractivity contribution in [2.45, 2.75) is 10.5 Å². The van der Waals surface area contributed by atoms with Crippen LogP contribution in [0.5, 0.6) is 11.5 Å². The van der Waals surface area contributed by atoms with Crippen LogP contribution in [0.2, 0.25) is 0 Å². The molecular formula is C19H9I2O6S. The molecule has 3 aliphatic rings. The summed E-state index contributed by atoms with van der Waals surface area (Å²) in [7, 11) is -4.04. The minimum atomic E-state index is -4.04. The first-order valence-corrected chi connectivity index (χ1v) is 11.5. The van der Waals surface area contributed by atoms with Gasteiger partial charge in [0, 0.05) is 22.8 Å². The zero-order chi connectivity index (χ0) is 19.8. The summed E-state index contributed by atoms with van der Waals surface area (Å²) in [5, 5.41) is 20.2. The number of phenolic OH excluding ortho intramolecular Hbond substituents is 1. The number of hydrogen-bond acceptors (Lipinski definition) is 6. The van der Waals surface area contributed by atoms with E-state index >= 15 is 0 Å². The number of halogens is 2. The summed E-state index contributed by atoms with van der Waals surface area (Å²) in [6, 6.07) is 9.60. The number of ether oxygens (including phenoxy) is 1. The Hall–Kier alpha value is -1.53. The lowest BCUT2D eigenvalue weighted by molar-refractivity contribution is 0.152. The molecule has 1 unspecified atom stereocenters. The van der Waals surface area contributed by atoms with Crippen molar-refractivity contribution in [2.75, 3.05) is 0 Å². The first-order valence-electron chi connectivity index (χ1n) is 7.95. The fourth-order valence-corrected chi connectivity index (χ4v) is 5.93. The Morgan fingerprint density at radius 3 is 2.61 bits per heavy atom. The number of phenols is 1. The molecule has 0 saturated heterocycles. The van der Waals surface area contributed by atoms with Gasteiger partial charge in [-0.3, -0.25) is 0 Å². The molecule has 0 bridgehead atoms. The lowest BCUT2D eigenvalue weighted by Gasteiger charge is -2.38. The van der Waals surface area contributed by atoms with Crippen LogP contribution in [0.4, 0.5) is 0 Å². The third-order valence-electron chi connectivity index (χ3n) is 4.76. The second kappa shape index (κ2) is 5.99. The average Bonchev–Trinajstić information content (AvgIpc) is 2.88. The Morgan fingerprint density at radius 1 is 1.07 bits per heavy atom. The molecule has 1 atom stereocenters. The highest BCUT2D eigenvalue weighted by Crippen LogP contribution is 2.59. The summed E-state index contributed by atoms with van der Waals surface area (Å²) >= 11 is 3.90. The molecule has 1 spiro atoms. The van der Waals surface area contributed by atoms with Crippen LogP contribution in [-0.4, -0.2) is 18.6 Å². The molecule has 6 nitrogen and oxygen atoms in total. The second-order valence-corrected chi connectivity index (χ2v) is 10.2. The molecule has 2 N–H and O–H groups in total. The van der Waals surface area contributed by atoms with Crippen LogP contribution in [0.25, 0.3) is 0 Å². The molecule has 2 aliphatic heterocycles. The largest absolute Gasteiger partial charge is 0.507 e. The van der Waals surface area contributed by atoms with Crippen LogP contribution >= 0.6 is 45.2 Å². The van der Waals surface area contributed by atoms with Gasteiger partial charge in [0.1, 0.15) is 20.3 Å². The van der Waals surface area contributed by atoms with Crippen molar-refractivity contribution < 1.29 is 27.6 Å². The van der Waals surface area contributed by atoms with E-state index in [0.717, 1.165) is 0 Å². The van der Waals surface area contributed by atoms with E-state index in [1.54, 1.807) is 30.3 Å². The summed E-state index contributed by atoms with van der Waals surface area (Å²) in [4.78, 5) is 0.0694. The SMILES string of the molecule is O=S1(=O)OC2(C3=C[C](I)C(O)=C=C3Oc3cc(O)c(I)cc32)c2ccccc21. The van der Waals surface area contributed by atoms with Crippen LogP contribution < -0.4 is 4.74 Å². The normalized spacial score (nSPS) is 24.4. The first-order chi connectivity index (χ1) is 13.2.